The predicted molar refractivity (Wildman–Crippen MR) is 97.4 cm³/mol. The van der Waals surface area contributed by atoms with Gasteiger partial charge in [-0.15, -0.1) is 0 Å². The van der Waals surface area contributed by atoms with Crippen molar-refractivity contribution in [3.05, 3.63) is 89.8 Å². The molecule has 0 aliphatic rings. The number of hydrogen-bond donors (Lipinski definition) is 2. The Hall–Kier alpha value is -2.98. The lowest BCUT2D eigenvalue weighted by molar-refractivity contribution is -0.116. The minimum atomic E-state index is -0.795. The Morgan fingerprint density at radius 3 is 2.64 bits per heavy atom. The van der Waals surface area contributed by atoms with Gasteiger partial charge < -0.3 is 10.4 Å². The third-order valence-electron chi connectivity index (χ3n) is 3.90. The number of carbonyl (C=O) groups excluding carboxylic acids is 1. The molecule has 0 saturated heterocycles. The van der Waals surface area contributed by atoms with Crippen molar-refractivity contribution >= 4 is 22.8 Å². The monoisotopic (exact) mass is 335 g/mol. The molecule has 0 heterocycles. The van der Waals surface area contributed by atoms with Crippen molar-refractivity contribution in [2.24, 2.45) is 0 Å². The van der Waals surface area contributed by atoms with Gasteiger partial charge in [0.25, 0.3) is 0 Å². The number of carbonyl (C=O) groups is 1. The summed E-state index contributed by atoms with van der Waals surface area (Å²) < 4.78 is 13.1. The SMILES string of the molecule is O=C(C=Cc1cccc(F)c1)NCC(O)c1ccc2ccccc2c1. The third-order valence-corrected chi connectivity index (χ3v) is 3.90. The zero-order chi connectivity index (χ0) is 17.6. The van der Waals surface area contributed by atoms with Crippen LogP contribution in [0.15, 0.2) is 72.8 Å². The van der Waals surface area contributed by atoms with Gasteiger partial charge in [-0.3, -0.25) is 4.79 Å². The van der Waals surface area contributed by atoms with E-state index in [0.717, 1.165) is 16.3 Å². The summed E-state index contributed by atoms with van der Waals surface area (Å²) in [5.41, 5.74) is 1.35. The van der Waals surface area contributed by atoms with Crippen LogP contribution in [-0.2, 0) is 4.79 Å². The normalized spacial score (nSPS) is 12.4. The highest BCUT2D eigenvalue weighted by atomic mass is 19.1. The number of amides is 1. The first-order chi connectivity index (χ1) is 12.1. The van der Waals surface area contributed by atoms with Crippen molar-refractivity contribution < 1.29 is 14.3 Å². The molecule has 3 rings (SSSR count). The fourth-order valence-corrected chi connectivity index (χ4v) is 2.57. The van der Waals surface area contributed by atoms with E-state index in [2.05, 4.69) is 5.32 Å². The van der Waals surface area contributed by atoms with E-state index in [-0.39, 0.29) is 18.3 Å². The molecule has 3 aromatic carbocycles. The maximum atomic E-state index is 13.1. The number of rotatable bonds is 5. The molecule has 1 amide bonds. The van der Waals surface area contributed by atoms with E-state index in [0.29, 0.717) is 5.56 Å². The molecule has 4 heteroatoms. The Kier molecular flexibility index (Phi) is 5.21. The van der Waals surface area contributed by atoms with Crippen LogP contribution in [0.4, 0.5) is 4.39 Å². The second-order valence-electron chi connectivity index (χ2n) is 5.76. The van der Waals surface area contributed by atoms with Crippen LogP contribution in [0.3, 0.4) is 0 Å². The van der Waals surface area contributed by atoms with Gasteiger partial charge in [-0.1, -0.05) is 48.5 Å². The van der Waals surface area contributed by atoms with E-state index in [4.69, 9.17) is 0 Å². The van der Waals surface area contributed by atoms with E-state index in [1.165, 1.54) is 24.3 Å². The first-order valence-electron chi connectivity index (χ1n) is 8.00. The second-order valence-corrected chi connectivity index (χ2v) is 5.76. The van der Waals surface area contributed by atoms with Gasteiger partial charge in [0.2, 0.25) is 5.91 Å². The topological polar surface area (TPSA) is 49.3 Å². The molecule has 0 fully saturated rings. The van der Waals surface area contributed by atoms with Crippen LogP contribution in [0.25, 0.3) is 16.8 Å². The van der Waals surface area contributed by atoms with Crippen LogP contribution in [0.2, 0.25) is 0 Å². The minimum Gasteiger partial charge on any atom is -0.387 e. The standard InChI is InChI=1S/C21H18FNO2/c22-19-7-3-4-15(12-19)8-11-21(25)23-14-20(24)18-10-9-16-5-1-2-6-17(16)13-18/h1-13,20,24H,14H2,(H,23,25). The number of fused-ring (bicyclic) bond motifs is 1. The summed E-state index contributed by atoms with van der Waals surface area (Å²) in [6.07, 6.45) is 2.05. The smallest absolute Gasteiger partial charge is 0.244 e. The molecule has 0 aromatic heterocycles. The average molecular weight is 335 g/mol. The minimum absolute atomic E-state index is 0.102. The molecular weight excluding hydrogens is 317 g/mol. The number of nitrogens with one attached hydrogen (secondary N) is 1. The molecular formula is C21H18FNO2. The summed E-state index contributed by atoms with van der Waals surface area (Å²) in [6.45, 7) is 0.102. The molecule has 126 valence electrons. The highest BCUT2D eigenvalue weighted by molar-refractivity contribution is 5.91. The van der Waals surface area contributed by atoms with Crippen LogP contribution in [0.5, 0.6) is 0 Å². The number of aliphatic hydroxyl groups is 1. The molecule has 0 spiro atoms. The van der Waals surface area contributed by atoms with Gasteiger partial charge >= 0.3 is 0 Å². The highest BCUT2D eigenvalue weighted by Gasteiger charge is 2.09. The van der Waals surface area contributed by atoms with E-state index in [1.54, 1.807) is 12.1 Å². The molecule has 0 bridgehead atoms. The van der Waals surface area contributed by atoms with E-state index < -0.39 is 6.10 Å². The van der Waals surface area contributed by atoms with Crippen molar-refractivity contribution in [2.45, 2.75) is 6.10 Å². The molecule has 0 saturated carbocycles. The average Bonchev–Trinajstić information content (AvgIpc) is 2.64. The Morgan fingerprint density at radius 2 is 1.84 bits per heavy atom. The van der Waals surface area contributed by atoms with Gasteiger partial charge in [-0.25, -0.2) is 4.39 Å². The molecule has 25 heavy (non-hydrogen) atoms. The maximum Gasteiger partial charge on any atom is 0.244 e. The summed E-state index contributed by atoms with van der Waals surface area (Å²) in [5.74, 6) is -0.696. The van der Waals surface area contributed by atoms with Gasteiger partial charge in [0, 0.05) is 12.6 Å². The van der Waals surface area contributed by atoms with Crippen LogP contribution in [0.1, 0.15) is 17.2 Å². The summed E-state index contributed by atoms with van der Waals surface area (Å²) in [7, 11) is 0. The fraction of sp³-hybridized carbons (Fsp3) is 0.0952. The third kappa shape index (κ3) is 4.52. The van der Waals surface area contributed by atoms with Crippen LogP contribution in [0, 0.1) is 5.82 Å². The summed E-state index contributed by atoms with van der Waals surface area (Å²) in [4.78, 5) is 11.8. The lowest BCUT2D eigenvalue weighted by Gasteiger charge is -2.12. The fourth-order valence-electron chi connectivity index (χ4n) is 2.57. The molecule has 0 radical (unpaired) electrons. The molecule has 1 unspecified atom stereocenters. The lowest BCUT2D eigenvalue weighted by atomic mass is 10.0. The zero-order valence-corrected chi connectivity index (χ0v) is 13.5. The van der Waals surface area contributed by atoms with Crippen molar-refractivity contribution in [3.63, 3.8) is 0 Å². The Morgan fingerprint density at radius 1 is 1.04 bits per heavy atom. The summed E-state index contributed by atoms with van der Waals surface area (Å²) >= 11 is 0. The van der Waals surface area contributed by atoms with Gasteiger partial charge in [-0.2, -0.15) is 0 Å². The number of benzene rings is 3. The van der Waals surface area contributed by atoms with Crippen LogP contribution in [-0.4, -0.2) is 17.6 Å². The highest BCUT2D eigenvalue weighted by Crippen LogP contribution is 2.20. The second kappa shape index (κ2) is 7.73. The first kappa shape index (κ1) is 16.9. The Balaban J connectivity index is 1.59. The molecule has 0 aliphatic carbocycles. The van der Waals surface area contributed by atoms with Crippen LogP contribution >= 0.6 is 0 Å². The number of aliphatic hydroxyl groups excluding tert-OH is 1. The lowest BCUT2D eigenvalue weighted by Crippen LogP contribution is -2.26. The van der Waals surface area contributed by atoms with E-state index in [1.807, 2.05) is 42.5 Å². The molecule has 1 atom stereocenters. The van der Waals surface area contributed by atoms with E-state index >= 15 is 0 Å². The van der Waals surface area contributed by atoms with Crippen LogP contribution < -0.4 is 5.32 Å². The van der Waals surface area contributed by atoms with Crippen molar-refractivity contribution in [2.75, 3.05) is 6.54 Å². The van der Waals surface area contributed by atoms with Crippen molar-refractivity contribution in [1.29, 1.82) is 0 Å². The number of hydrogen-bond acceptors (Lipinski definition) is 2. The van der Waals surface area contributed by atoms with E-state index in [9.17, 15) is 14.3 Å². The molecule has 2 N–H and O–H groups in total. The Bertz CT molecular complexity index is 920. The maximum absolute atomic E-state index is 13.1. The number of halogens is 1. The van der Waals surface area contributed by atoms with Crippen molar-refractivity contribution in [1.82, 2.24) is 5.32 Å². The van der Waals surface area contributed by atoms with Crippen molar-refractivity contribution in [3.8, 4) is 0 Å². The Labute approximate surface area is 145 Å². The van der Waals surface area contributed by atoms with Gasteiger partial charge in [0.05, 0.1) is 6.10 Å². The van der Waals surface area contributed by atoms with Gasteiger partial charge in [0.1, 0.15) is 5.82 Å². The molecule has 3 nitrogen and oxygen atoms in total. The zero-order valence-electron chi connectivity index (χ0n) is 13.5. The largest absolute Gasteiger partial charge is 0.387 e. The first-order valence-corrected chi connectivity index (χ1v) is 8.00. The summed E-state index contributed by atoms with van der Waals surface area (Å²) in [5, 5.41) is 15.0. The molecule has 0 aliphatic heterocycles. The predicted octanol–water partition coefficient (Wildman–Crippen LogP) is 3.84. The molecule has 3 aromatic rings. The quantitative estimate of drug-likeness (QED) is 0.696. The van der Waals surface area contributed by atoms with Gasteiger partial charge in [-0.05, 0) is 46.2 Å². The van der Waals surface area contributed by atoms with Gasteiger partial charge in [0.15, 0.2) is 0 Å². The summed E-state index contributed by atoms with van der Waals surface area (Å²) in [6, 6.07) is 19.6.